The number of thiophene rings is 1. The molecule has 0 aliphatic heterocycles. The summed E-state index contributed by atoms with van der Waals surface area (Å²) < 4.78 is 10.3. The van der Waals surface area contributed by atoms with Crippen LogP contribution in [0, 0.1) is 5.92 Å². The van der Waals surface area contributed by atoms with Crippen molar-refractivity contribution >= 4 is 88.2 Å². The fraction of sp³-hybridized carbons (Fsp3) is 0.0625. The van der Waals surface area contributed by atoms with Crippen LogP contribution in [0.25, 0.3) is 77.0 Å². The summed E-state index contributed by atoms with van der Waals surface area (Å²) in [5.41, 5.74) is 10.8. The Bertz CT molecular complexity index is 3060. The predicted molar refractivity (Wildman–Crippen MR) is 223 cm³/mol. The van der Waals surface area contributed by atoms with Crippen LogP contribution in [0.5, 0.6) is 0 Å². The highest BCUT2D eigenvalue weighted by Crippen LogP contribution is 2.44. The number of anilines is 3. The minimum absolute atomic E-state index is 0.521. The summed E-state index contributed by atoms with van der Waals surface area (Å²) in [5.74, 6) is 1.15. The second-order valence-electron chi connectivity index (χ2n) is 14.1. The maximum absolute atomic E-state index is 6.55. The largest absolute Gasteiger partial charge is 0.435 e. The number of rotatable bonds is 5. The number of hydrogen-bond acceptors (Lipinski definition) is 4. The molecule has 1 aliphatic rings. The lowest BCUT2D eigenvalue weighted by molar-refractivity contribution is 0.623. The molecule has 53 heavy (non-hydrogen) atoms. The van der Waals surface area contributed by atoms with E-state index in [1.807, 2.05) is 41.7 Å². The molecule has 7 aromatic carbocycles. The molecule has 3 aromatic heterocycles. The van der Waals surface area contributed by atoms with Crippen LogP contribution in [0.3, 0.4) is 0 Å². The summed E-state index contributed by atoms with van der Waals surface area (Å²) >= 11 is 1.89. The molecular weight excluding hydrogens is 667 g/mol. The topological polar surface area (TPSA) is 34.2 Å². The van der Waals surface area contributed by atoms with Gasteiger partial charge in [0.1, 0.15) is 5.52 Å². The van der Waals surface area contributed by atoms with Gasteiger partial charge >= 0.3 is 0 Å². The summed E-state index contributed by atoms with van der Waals surface area (Å²) in [6, 6.07) is 54.3. The van der Waals surface area contributed by atoms with E-state index < -0.39 is 0 Å². The highest BCUT2D eigenvalue weighted by atomic mass is 32.1. The third kappa shape index (κ3) is 4.85. The number of hydrogen-bond donors (Lipinski definition) is 0. The first-order valence-electron chi connectivity index (χ1n) is 18.2. The lowest BCUT2D eigenvalue weighted by atomic mass is 9.93. The van der Waals surface area contributed by atoms with E-state index in [0.29, 0.717) is 11.8 Å². The van der Waals surface area contributed by atoms with Crippen molar-refractivity contribution in [2.45, 2.75) is 13.3 Å². The quantitative estimate of drug-likeness (QED) is 0.179. The molecule has 0 fully saturated rings. The molecule has 11 rings (SSSR count). The molecule has 0 radical (unpaired) electrons. The molecule has 5 heteroatoms. The van der Waals surface area contributed by atoms with Crippen LogP contribution in [0.4, 0.5) is 17.1 Å². The van der Waals surface area contributed by atoms with Crippen molar-refractivity contribution in [2.75, 3.05) is 4.90 Å². The maximum atomic E-state index is 6.55. The number of fused-ring (bicyclic) bond motifs is 9. The second kappa shape index (κ2) is 11.8. The van der Waals surface area contributed by atoms with E-state index >= 15 is 0 Å². The Labute approximate surface area is 310 Å². The first kappa shape index (κ1) is 30.2. The fourth-order valence-corrected chi connectivity index (χ4v) is 9.35. The fourth-order valence-electron chi connectivity index (χ4n) is 8.22. The number of allylic oxidation sites excluding steroid dienone is 1. The molecule has 0 bridgehead atoms. The van der Waals surface area contributed by atoms with Crippen LogP contribution in [-0.4, -0.2) is 9.55 Å². The second-order valence-corrected chi connectivity index (χ2v) is 15.2. The lowest BCUT2D eigenvalue weighted by Gasteiger charge is -2.26. The third-order valence-corrected chi connectivity index (χ3v) is 11.9. The minimum atomic E-state index is 0.521. The van der Waals surface area contributed by atoms with Crippen molar-refractivity contribution in [3.63, 3.8) is 0 Å². The van der Waals surface area contributed by atoms with Gasteiger partial charge < -0.3 is 13.9 Å². The van der Waals surface area contributed by atoms with Crippen molar-refractivity contribution in [3.8, 4) is 17.1 Å². The van der Waals surface area contributed by atoms with Crippen LogP contribution >= 0.6 is 11.3 Å². The normalized spacial score (nSPS) is 14.2. The van der Waals surface area contributed by atoms with Gasteiger partial charge in [0, 0.05) is 54.0 Å². The average molecular weight is 700 g/mol. The van der Waals surface area contributed by atoms with Gasteiger partial charge in [-0.3, -0.25) is 0 Å². The summed E-state index contributed by atoms with van der Waals surface area (Å²) in [4.78, 5) is 8.69. The highest BCUT2D eigenvalue weighted by Gasteiger charge is 2.22. The molecular formula is C48H33N3OS. The number of nitrogens with zero attached hydrogens (tertiary/aromatic N) is 3. The van der Waals surface area contributed by atoms with Crippen LogP contribution < -0.4 is 4.90 Å². The Morgan fingerprint density at radius 2 is 1.36 bits per heavy atom. The van der Waals surface area contributed by atoms with Gasteiger partial charge in [0.25, 0.3) is 0 Å². The highest BCUT2D eigenvalue weighted by molar-refractivity contribution is 7.20. The van der Waals surface area contributed by atoms with E-state index in [2.05, 4.69) is 150 Å². The summed E-state index contributed by atoms with van der Waals surface area (Å²) in [5, 5.41) is 5.96. The molecule has 252 valence electrons. The van der Waals surface area contributed by atoms with Crippen molar-refractivity contribution in [1.82, 2.24) is 9.55 Å². The lowest BCUT2D eigenvalue weighted by Crippen LogP contribution is -2.10. The monoisotopic (exact) mass is 699 g/mol. The molecule has 1 atom stereocenters. The first-order chi connectivity index (χ1) is 26.2. The average Bonchev–Trinajstić information content (AvgIpc) is 3.90. The standard InChI is InChI=1S/C48H33N3OS/c1-30-16-24-45-40(26-30)41-28-35(21-25-46(41)53-45)50(34-19-17-31-18-23-42-47(39(31)27-34)52-48(49-42)32-10-4-2-5-11-32)36-20-22-38-37-14-8-9-15-43(37)51(44(38)29-36)33-12-6-3-7-13-33/h2-25,27-30H,26H2,1H3. The third-order valence-electron chi connectivity index (χ3n) is 10.7. The van der Waals surface area contributed by atoms with Gasteiger partial charge in [-0.25, -0.2) is 4.98 Å². The first-order valence-corrected chi connectivity index (χ1v) is 19.0. The number of para-hydroxylation sites is 2. The number of aromatic nitrogens is 2. The van der Waals surface area contributed by atoms with E-state index in [-0.39, 0.29) is 0 Å². The summed E-state index contributed by atoms with van der Waals surface area (Å²) in [6.45, 7) is 2.31. The Balaban J connectivity index is 1.16. The summed E-state index contributed by atoms with van der Waals surface area (Å²) in [6.07, 6.45) is 5.72. The molecule has 0 saturated carbocycles. The zero-order valence-electron chi connectivity index (χ0n) is 29.0. The van der Waals surface area contributed by atoms with E-state index in [1.54, 1.807) is 0 Å². The minimum Gasteiger partial charge on any atom is -0.435 e. The van der Waals surface area contributed by atoms with Crippen LogP contribution in [0.15, 0.2) is 162 Å². The van der Waals surface area contributed by atoms with Gasteiger partial charge in [-0.1, -0.05) is 85.8 Å². The SMILES string of the molecule is CC1C=Cc2sc3ccc(N(c4ccc5ccc6nc(-c7ccccc7)oc6c5c4)c4ccc5c6ccccc6n(-c6ccccc6)c5c4)cc3c2C1. The van der Waals surface area contributed by atoms with Crippen LogP contribution in [0.2, 0.25) is 0 Å². The Hall–Kier alpha value is -6.43. The van der Waals surface area contributed by atoms with E-state index in [1.165, 1.54) is 42.3 Å². The molecule has 10 aromatic rings. The number of oxazole rings is 1. The van der Waals surface area contributed by atoms with Gasteiger partial charge in [0.2, 0.25) is 5.89 Å². The Morgan fingerprint density at radius 1 is 0.660 bits per heavy atom. The molecule has 0 saturated heterocycles. The van der Waals surface area contributed by atoms with E-state index in [0.717, 1.165) is 56.6 Å². The Kier molecular flexibility index (Phi) is 6.73. The molecule has 1 aliphatic carbocycles. The van der Waals surface area contributed by atoms with Crippen LogP contribution in [-0.2, 0) is 6.42 Å². The summed E-state index contributed by atoms with van der Waals surface area (Å²) in [7, 11) is 0. The van der Waals surface area contributed by atoms with Crippen molar-refractivity contribution in [3.05, 3.63) is 168 Å². The van der Waals surface area contributed by atoms with Gasteiger partial charge in [0.05, 0.1) is 11.0 Å². The maximum Gasteiger partial charge on any atom is 0.227 e. The number of benzene rings is 7. The molecule has 3 heterocycles. The van der Waals surface area contributed by atoms with Crippen LogP contribution in [0.1, 0.15) is 17.4 Å². The molecule has 0 N–H and O–H groups in total. The smallest absolute Gasteiger partial charge is 0.227 e. The van der Waals surface area contributed by atoms with Gasteiger partial charge in [-0.05, 0) is 114 Å². The zero-order chi connectivity index (χ0) is 35.0. The molecule has 4 nitrogen and oxygen atoms in total. The molecule has 0 spiro atoms. The molecule has 1 unspecified atom stereocenters. The van der Waals surface area contributed by atoms with Gasteiger partial charge in [-0.15, -0.1) is 11.3 Å². The van der Waals surface area contributed by atoms with Gasteiger partial charge in [0.15, 0.2) is 5.58 Å². The van der Waals surface area contributed by atoms with Gasteiger partial charge in [-0.2, -0.15) is 0 Å². The van der Waals surface area contributed by atoms with Crippen molar-refractivity contribution in [1.29, 1.82) is 0 Å². The predicted octanol–water partition coefficient (Wildman–Crippen LogP) is 13.6. The Morgan fingerprint density at radius 3 is 2.23 bits per heavy atom. The van der Waals surface area contributed by atoms with E-state index in [9.17, 15) is 0 Å². The van der Waals surface area contributed by atoms with Crippen molar-refractivity contribution in [2.24, 2.45) is 5.92 Å². The van der Waals surface area contributed by atoms with Crippen molar-refractivity contribution < 1.29 is 4.42 Å². The molecule has 0 amide bonds. The van der Waals surface area contributed by atoms with E-state index in [4.69, 9.17) is 9.40 Å². The zero-order valence-corrected chi connectivity index (χ0v) is 29.8.